The van der Waals surface area contributed by atoms with E-state index in [2.05, 4.69) is 21.2 Å². The highest BCUT2D eigenvalue weighted by molar-refractivity contribution is 9.10. The molecule has 25 heavy (non-hydrogen) atoms. The number of amides is 1. The highest BCUT2D eigenvalue weighted by Crippen LogP contribution is 2.24. The van der Waals surface area contributed by atoms with E-state index < -0.39 is 0 Å². The Hall–Kier alpha value is -2.53. The number of carbonyl (C=O) groups is 1. The SMILES string of the molecule is COc1ccc(NC(=O)CCc2ccc(-c3ccc(Br)cc3)o2)cc1. The molecule has 1 heterocycles. The Morgan fingerprint density at radius 2 is 1.76 bits per heavy atom. The molecule has 0 fully saturated rings. The molecule has 128 valence electrons. The zero-order valence-corrected chi connectivity index (χ0v) is 15.4. The number of ether oxygens (including phenoxy) is 1. The molecule has 0 aliphatic heterocycles. The molecule has 0 saturated carbocycles. The molecular weight excluding hydrogens is 382 g/mol. The number of rotatable bonds is 6. The van der Waals surface area contributed by atoms with Crippen LogP contribution in [0, 0.1) is 0 Å². The lowest BCUT2D eigenvalue weighted by molar-refractivity contribution is -0.116. The van der Waals surface area contributed by atoms with Crippen LogP contribution in [0.5, 0.6) is 5.75 Å². The number of furan rings is 1. The molecule has 4 nitrogen and oxygen atoms in total. The molecule has 1 N–H and O–H groups in total. The van der Waals surface area contributed by atoms with E-state index >= 15 is 0 Å². The molecule has 2 aromatic carbocycles. The molecule has 3 rings (SSSR count). The summed E-state index contributed by atoms with van der Waals surface area (Å²) in [7, 11) is 1.61. The van der Waals surface area contributed by atoms with Crippen molar-refractivity contribution in [1.29, 1.82) is 0 Å². The first-order valence-corrected chi connectivity index (χ1v) is 8.72. The molecule has 0 saturated heterocycles. The first kappa shape index (κ1) is 17.3. The Bertz CT molecular complexity index is 838. The van der Waals surface area contributed by atoms with Crippen LogP contribution in [0.2, 0.25) is 0 Å². The number of nitrogens with one attached hydrogen (secondary N) is 1. The van der Waals surface area contributed by atoms with Gasteiger partial charge in [0.1, 0.15) is 17.3 Å². The van der Waals surface area contributed by atoms with Gasteiger partial charge in [-0.15, -0.1) is 0 Å². The first-order chi connectivity index (χ1) is 12.1. The minimum absolute atomic E-state index is 0.0493. The fraction of sp³-hybridized carbons (Fsp3) is 0.150. The van der Waals surface area contributed by atoms with Crippen LogP contribution in [0.3, 0.4) is 0 Å². The van der Waals surface area contributed by atoms with Crippen LogP contribution < -0.4 is 10.1 Å². The van der Waals surface area contributed by atoms with E-state index in [4.69, 9.17) is 9.15 Å². The molecule has 1 aromatic heterocycles. The topological polar surface area (TPSA) is 51.5 Å². The van der Waals surface area contributed by atoms with E-state index in [1.54, 1.807) is 7.11 Å². The Morgan fingerprint density at radius 3 is 2.44 bits per heavy atom. The van der Waals surface area contributed by atoms with Gasteiger partial charge in [0, 0.05) is 28.6 Å². The van der Waals surface area contributed by atoms with Gasteiger partial charge in [0.05, 0.1) is 7.11 Å². The third-order valence-electron chi connectivity index (χ3n) is 3.76. The van der Waals surface area contributed by atoms with Crippen molar-refractivity contribution in [3.63, 3.8) is 0 Å². The minimum atomic E-state index is -0.0493. The third-order valence-corrected chi connectivity index (χ3v) is 4.29. The molecule has 0 spiro atoms. The summed E-state index contributed by atoms with van der Waals surface area (Å²) >= 11 is 3.42. The number of anilines is 1. The molecule has 3 aromatic rings. The quantitative estimate of drug-likeness (QED) is 0.612. The largest absolute Gasteiger partial charge is 0.497 e. The number of hydrogen-bond donors (Lipinski definition) is 1. The van der Waals surface area contributed by atoms with Crippen LogP contribution in [0.25, 0.3) is 11.3 Å². The number of aryl methyl sites for hydroxylation is 1. The van der Waals surface area contributed by atoms with Gasteiger partial charge in [0.2, 0.25) is 5.91 Å². The summed E-state index contributed by atoms with van der Waals surface area (Å²) in [5, 5.41) is 2.87. The Balaban J connectivity index is 1.54. The van der Waals surface area contributed by atoms with Crippen molar-refractivity contribution in [2.24, 2.45) is 0 Å². The summed E-state index contributed by atoms with van der Waals surface area (Å²) in [5.41, 5.74) is 1.76. The summed E-state index contributed by atoms with van der Waals surface area (Å²) in [5.74, 6) is 2.31. The molecule has 5 heteroatoms. The van der Waals surface area contributed by atoms with Gasteiger partial charge in [0.25, 0.3) is 0 Å². The normalized spacial score (nSPS) is 10.5. The van der Waals surface area contributed by atoms with Gasteiger partial charge in [-0.2, -0.15) is 0 Å². The lowest BCUT2D eigenvalue weighted by Gasteiger charge is -2.05. The second kappa shape index (κ2) is 8.03. The molecule has 0 atom stereocenters. The number of carbonyl (C=O) groups excluding carboxylic acids is 1. The minimum Gasteiger partial charge on any atom is -0.497 e. The first-order valence-electron chi connectivity index (χ1n) is 7.92. The Morgan fingerprint density at radius 1 is 1.04 bits per heavy atom. The van der Waals surface area contributed by atoms with Gasteiger partial charge in [-0.25, -0.2) is 0 Å². The fourth-order valence-corrected chi connectivity index (χ4v) is 2.68. The number of benzene rings is 2. The lowest BCUT2D eigenvalue weighted by Crippen LogP contribution is -2.12. The second-order valence-corrected chi connectivity index (χ2v) is 6.47. The smallest absolute Gasteiger partial charge is 0.224 e. The molecule has 1 amide bonds. The van der Waals surface area contributed by atoms with Crippen molar-refractivity contribution in [2.75, 3.05) is 12.4 Å². The van der Waals surface area contributed by atoms with Gasteiger partial charge < -0.3 is 14.5 Å². The average molecular weight is 400 g/mol. The zero-order valence-electron chi connectivity index (χ0n) is 13.8. The monoisotopic (exact) mass is 399 g/mol. The van der Waals surface area contributed by atoms with Crippen LogP contribution in [0.1, 0.15) is 12.2 Å². The maximum absolute atomic E-state index is 12.1. The summed E-state index contributed by atoms with van der Waals surface area (Å²) in [6.07, 6.45) is 0.915. The maximum Gasteiger partial charge on any atom is 0.224 e. The van der Waals surface area contributed by atoms with Gasteiger partial charge in [-0.05, 0) is 48.5 Å². The van der Waals surface area contributed by atoms with E-state index in [-0.39, 0.29) is 5.91 Å². The van der Waals surface area contributed by atoms with Crippen molar-refractivity contribution in [1.82, 2.24) is 0 Å². The lowest BCUT2D eigenvalue weighted by atomic mass is 10.2. The van der Waals surface area contributed by atoms with Gasteiger partial charge in [-0.3, -0.25) is 4.79 Å². The summed E-state index contributed by atoms with van der Waals surface area (Å²) in [6, 6.07) is 19.0. The van der Waals surface area contributed by atoms with Crippen LogP contribution in [0.4, 0.5) is 5.69 Å². The highest BCUT2D eigenvalue weighted by atomic mass is 79.9. The van der Waals surface area contributed by atoms with Crippen LogP contribution >= 0.6 is 15.9 Å². The van der Waals surface area contributed by atoms with E-state index in [0.29, 0.717) is 12.8 Å². The van der Waals surface area contributed by atoms with Crippen LogP contribution in [0.15, 0.2) is 69.6 Å². The molecule has 0 bridgehead atoms. The fourth-order valence-electron chi connectivity index (χ4n) is 2.42. The maximum atomic E-state index is 12.1. The predicted octanol–water partition coefficient (Wildman–Crippen LogP) is 5.29. The summed E-state index contributed by atoms with van der Waals surface area (Å²) < 4.78 is 12.0. The third kappa shape index (κ3) is 4.73. The van der Waals surface area contributed by atoms with Gasteiger partial charge >= 0.3 is 0 Å². The van der Waals surface area contributed by atoms with Crippen molar-refractivity contribution in [3.8, 4) is 17.1 Å². The average Bonchev–Trinajstić information content (AvgIpc) is 3.10. The molecule has 0 aliphatic rings. The molecule has 0 aliphatic carbocycles. The second-order valence-electron chi connectivity index (χ2n) is 5.55. The molecular formula is C20H18BrNO3. The zero-order chi connectivity index (χ0) is 17.6. The standard InChI is InChI=1S/C20H18BrNO3/c1-24-17-8-6-16(7-9-17)22-20(23)13-11-18-10-12-19(25-18)14-2-4-15(21)5-3-14/h2-10,12H,11,13H2,1H3,(H,22,23). The predicted molar refractivity (Wildman–Crippen MR) is 102 cm³/mol. The number of halogens is 1. The van der Waals surface area contributed by atoms with E-state index in [1.807, 2.05) is 60.7 Å². The van der Waals surface area contributed by atoms with Crippen molar-refractivity contribution in [3.05, 3.63) is 70.9 Å². The van der Waals surface area contributed by atoms with Crippen molar-refractivity contribution in [2.45, 2.75) is 12.8 Å². The van der Waals surface area contributed by atoms with E-state index in [0.717, 1.165) is 33.0 Å². The number of hydrogen-bond acceptors (Lipinski definition) is 3. The highest BCUT2D eigenvalue weighted by Gasteiger charge is 2.08. The number of methoxy groups -OCH3 is 1. The van der Waals surface area contributed by atoms with Crippen molar-refractivity contribution >= 4 is 27.5 Å². The van der Waals surface area contributed by atoms with E-state index in [1.165, 1.54) is 0 Å². The van der Waals surface area contributed by atoms with E-state index in [9.17, 15) is 4.79 Å². The van der Waals surface area contributed by atoms with Crippen LogP contribution in [-0.2, 0) is 11.2 Å². The Labute approximate surface area is 154 Å². The summed E-state index contributed by atoms with van der Waals surface area (Å²) in [6.45, 7) is 0. The van der Waals surface area contributed by atoms with Gasteiger partial charge in [-0.1, -0.05) is 28.1 Å². The van der Waals surface area contributed by atoms with Crippen LogP contribution in [-0.4, -0.2) is 13.0 Å². The summed E-state index contributed by atoms with van der Waals surface area (Å²) in [4.78, 5) is 12.1. The van der Waals surface area contributed by atoms with Crippen molar-refractivity contribution < 1.29 is 13.9 Å². The van der Waals surface area contributed by atoms with Gasteiger partial charge in [0.15, 0.2) is 0 Å². The Kier molecular flexibility index (Phi) is 5.56. The molecule has 0 radical (unpaired) electrons. The molecule has 0 unspecified atom stereocenters.